The molecule has 1 fully saturated rings. The van der Waals surface area contributed by atoms with Crippen LogP contribution in [0.3, 0.4) is 0 Å². The maximum atomic E-state index is 13.1. The molecule has 0 saturated carbocycles. The van der Waals surface area contributed by atoms with Gasteiger partial charge in [-0.05, 0) is 76.3 Å². The summed E-state index contributed by atoms with van der Waals surface area (Å²) in [7, 11) is 0. The van der Waals surface area contributed by atoms with E-state index in [1.54, 1.807) is 0 Å². The summed E-state index contributed by atoms with van der Waals surface area (Å²) in [4.78, 5) is 26.5. The van der Waals surface area contributed by atoms with Gasteiger partial charge in [0.25, 0.3) is 5.91 Å². The molecule has 3 aromatic rings. The molecule has 0 unspecified atom stereocenters. The van der Waals surface area contributed by atoms with Gasteiger partial charge < -0.3 is 10.2 Å². The lowest BCUT2D eigenvalue weighted by Crippen LogP contribution is -2.38. The highest BCUT2D eigenvalue weighted by atomic mass is 79.9. The number of thiophene rings is 1. The summed E-state index contributed by atoms with van der Waals surface area (Å²) in [6.45, 7) is 9.19. The molecule has 29 heavy (non-hydrogen) atoms. The van der Waals surface area contributed by atoms with E-state index in [0.717, 1.165) is 49.7 Å². The lowest BCUT2D eigenvalue weighted by molar-refractivity contribution is 0.103. The number of anilines is 2. The number of benzene rings is 1. The lowest BCUT2D eigenvalue weighted by atomic mass is 10.0. The van der Waals surface area contributed by atoms with Crippen LogP contribution in [-0.4, -0.2) is 28.5 Å². The van der Waals surface area contributed by atoms with Crippen molar-refractivity contribution < 1.29 is 4.79 Å². The van der Waals surface area contributed by atoms with Crippen LogP contribution in [-0.2, 0) is 0 Å². The number of amides is 1. The zero-order chi connectivity index (χ0) is 20.7. The van der Waals surface area contributed by atoms with Crippen molar-refractivity contribution in [2.45, 2.75) is 53.0 Å². The predicted octanol–water partition coefficient (Wildman–Crippen LogP) is 6.01. The highest BCUT2D eigenvalue weighted by Crippen LogP contribution is 2.38. The summed E-state index contributed by atoms with van der Waals surface area (Å²) in [5, 5.41) is 4.09. The maximum Gasteiger partial charge on any atom is 0.266 e. The van der Waals surface area contributed by atoms with Gasteiger partial charge in [0, 0.05) is 22.7 Å². The van der Waals surface area contributed by atoms with Gasteiger partial charge in [-0.2, -0.15) is 0 Å². The van der Waals surface area contributed by atoms with E-state index in [1.807, 2.05) is 39.0 Å². The molecule has 1 aliphatic heterocycles. The smallest absolute Gasteiger partial charge is 0.266 e. The molecule has 4 rings (SSSR count). The summed E-state index contributed by atoms with van der Waals surface area (Å²) in [6.07, 6.45) is 3.60. The number of carbonyl (C=O) groups is 1. The fourth-order valence-corrected chi connectivity index (χ4v) is 5.60. The van der Waals surface area contributed by atoms with Crippen LogP contribution in [0, 0.1) is 20.8 Å². The molecule has 1 N–H and O–H groups in total. The Hall–Kier alpha value is -1.99. The van der Waals surface area contributed by atoms with Gasteiger partial charge in [-0.3, -0.25) is 4.79 Å². The molecule has 152 valence electrons. The number of nitrogens with one attached hydrogen (secondary N) is 1. The zero-order valence-corrected chi connectivity index (χ0v) is 19.6. The monoisotopic (exact) mass is 472 g/mol. The number of aryl methyl sites for hydroxylation is 3. The van der Waals surface area contributed by atoms with Crippen LogP contribution in [0.2, 0.25) is 0 Å². The predicted molar refractivity (Wildman–Crippen MR) is 124 cm³/mol. The van der Waals surface area contributed by atoms with Crippen LogP contribution >= 0.6 is 27.3 Å². The van der Waals surface area contributed by atoms with Gasteiger partial charge in [0.05, 0.1) is 10.3 Å². The Morgan fingerprint density at radius 1 is 1.24 bits per heavy atom. The number of piperidine rings is 1. The van der Waals surface area contributed by atoms with Crippen molar-refractivity contribution in [1.29, 1.82) is 0 Å². The van der Waals surface area contributed by atoms with Gasteiger partial charge in [0.1, 0.15) is 16.5 Å². The van der Waals surface area contributed by atoms with Crippen molar-refractivity contribution in [1.82, 2.24) is 9.97 Å². The molecule has 7 heteroatoms. The second-order valence-electron chi connectivity index (χ2n) is 7.78. The summed E-state index contributed by atoms with van der Waals surface area (Å²) in [6, 6.07) is 6.30. The van der Waals surface area contributed by atoms with Crippen molar-refractivity contribution in [3.8, 4) is 0 Å². The Balaban J connectivity index is 1.75. The molecule has 0 aliphatic carbocycles. The lowest BCUT2D eigenvalue weighted by Gasteiger charge is -2.35. The largest absolute Gasteiger partial charge is 0.353 e. The third-order valence-corrected chi connectivity index (χ3v) is 7.28. The molecular weight excluding hydrogens is 448 g/mol. The first-order valence-corrected chi connectivity index (χ1v) is 11.6. The molecule has 3 heterocycles. The SMILES string of the molecule is Cc1nc(N2CCCC[C@H]2C)c2c(C)c(C(=O)Nc3ccc(Br)cc3C)sc2n1. The molecule has 1 atom stereocenters. The number of carbonyl (C=O) groups excluding carboxylic acids is 1. The van der Waals surface area contributed by atoms with E-state index in [1.165, 1.54) is 30.6 Å². The fraction of sp³-hybridized carbons (Fsp3) is 0.409. The van der Waals surface area contributed by atoms with Crippen LogP contribution < -0.4 is 10.2 Å². The molecule has 1 amide bonds. The third kappa shape index (κ3) is 3.90. The van der Waals surface area contributed by atoms with E-state index in [0.29, 0.717) is 10.9 Å². The van der Waals surface area contributed by atoms with E-state index < -0.39 is 0 Å². The zero-order valence-electron chi connectivity index (χ0n) is 17.2. The number of rotatable bonds is 3. The van der Waals surface area contributed by atoms with Crippen LogP contribution in [0.1, 0.15) is 52.8 Å². The van der Waals surface area contributed by atoms with E-state index in [-0.39, 0.29) is 5.91 Å². The first-order chi connectivity index (χ1) is 13.8. The molecule has 1 saturated heterocycles. The minimum atomic E-state index is -0.0915. The Morgan fingerprint density at radius 2 is 2.03 bits per heavy atom. The van der Waals surface area contributed by atoms with Crippen molar-refractivity contribution in [2.75, 3.05) is 16.8 Å². The topological polar surface area (TPSA) is 58.1 Å². The average molecular weight is 473 g/mol. The van der Waals surface area contributed by atoms with Crippen molar-refractivity contribution >= 4 is 54.9 Å². The van der Waals surface area contributed by atoms with Gasteiger partial charge in [-0.25, -0.2) is 9.97 Å². The first kappa shape index (κ1) is 20.3. The molecule has 0 radical (unpaired) electrons. The summed E-state index contributed by atoms with van der Waals surface area (Å²) in [5.74, 6) is 1.64. The fourth-order valence-electron chi connectivity index (χ4n) is 4.01. The van der Waals surface area contributed by atoms with Gasteiger partial charge in [0.15, 0.2) is 0 Å². The molecule has 1 aliphatic rings. The van der Waals surface area contributed by atoms with Crippen LogP contribution in [0.15, 0.2) is 22.7 Å². The van der Waals surface area contributed by atoms with Crippen molar-refractivity contribution in [3.05, 3.63) is 44.5 Å². The standard InChI is InChI=1S/C22H25BrN4OS/c1-12-11-16(23)8-9-17(12)26-21(28)19-14(3)18-20(24-15(4)25-22(18)29-19)27-10-6-5-7-13(27)2/h8-9,11,13H,5-7,10H2,1-4H3,(H,26,28)/t13-/m1/s1. The molecule has 5 nitrogen and oxygen atoms in total. The van der Waals surface area contributed by atoms with Crippen LogP contribution in [0.4, 0.5) is 11.5 Å². The molecule has 0 spiro atoms. The van der Waals surface area contributed by atoms with E-state index in [2.05, 4.69) is 38.1 Å². The number of hydrogen-bond donors (Lipinski definition) is 1. The van der Waals surface area contributed by atoms with E-state index >= 15 is 0 Å². The highest BCUT2D eigenvalue weighted by molar-refractivity contribution is 9.10. The van der Waals surface area contributed by atoms with Crippen molar-refractivity contribution in [3.63, 3.8) is 0 Å². The van der Waals surface area contributed by atoms with Gasteiger partial charge >= 0.3 is 0 Å². The molecule has 2 aromatic heterocycles. The minimum absolute atomic E-state index is 0.0915. The van der Waals surface area contributed by atoms with Gasteiger partial charge in [-0.15, -0.1) is 11.3 Å². The Labute approximate surface area is 183 Å². The molecular formula is C22H25BrN4OS. The Kier molecular flexibility index (Phi) is 5.62. The number of halogens is 1. The quantitative estimate of drug-likeness (QED) is 0.506. The van der Waals surface area contributed by atoms with Crippen LogP contribution in [0.25, 0.3) is 10.2 Å². The Morgan fingerprint density at radius 3 is 2.76 bits per heavy atom. The normalized spacial score (nSPS) is 17.0. The summed E-state index contributed by atoms with van der Waals surface area (Å²) in [5.41, 5.74) is 2.80. The number of nitrogens with zero attached hydrogens (tertiary/aromatic N) is 3. The second-order valence-corrected chi connectivity index (χ2v) is 9.70. The van der Waals surface area contributed by atoms with Crippen LogP contribution in [0.5, 0.6) is 0 Å². The van der Waals surface area contributed by atoms with Gasteiger partial charge in [0.2, 0.25) is 0 Å². The minimum Gasteiger partial charge on any atom is -0.353 e. The number of hydrogen-bond acceptors (Lipinski definition) is 5. The maximum absolute atomic E-state index is 13.1. The highest BCUT2D eigenvalue weighted by Gasteiger charge is 2.26. The van der Waals surface area contributed by atoms with Gasteiger partial charge in [-0.1, -0.05) is 15.9 Å². The van der Waals surface area contributed by atoms with E-state index in [4.69, 9.17) is 4.98 Å². The third-order valence-electron chi connectivity index (χ3n) is 5.60. The average Bonchev–Trinajstić information content (AvgIpc) is 3.00. The number of fused-ring (bicyclic) bond motifs is 1. The van der Waals surface area contributed by atoms with E-state index in [9.17, 15) is 4.79 Å². The summed E-state index contributed by atoms with van der Waals surface area (Å²) < 4.78 is 0.997. The summed E-state index contributed by atoms with van der Waals surface area (Å²) >= 11 is 4.92. The molecule has 0 bridgehead atoms. The first-order valence-electron chi connectivity index (χ1n) is 9.97. The van der Waals surface area contributed by atoms with Crippen molar-refractivity contribution in [2.24, 2.45) is 0 Å². The Bertz CT molecular complexity index is 1090. The number of aromatic nitrogens is 2. The second kappa shape index (κ2) is 8.03. The molecule has 1 aromatic carbocycles.